The van der Waals surface area contributed by atoms with Crippen molar-refractivity contribution in [2.45, 2.75) is 26.4 Å². The highest BCUT2D eigenvalue weighted by atomic mass is 32.1. The highest BCUT2D eigenvalue weighted by Crippen LogP contribution is 2.32. The van der Waals surface area contributed by atoms with E-state index < -0.39 is 11.7 Å². The molecule has 0 saturated heterocycles. The van der Waals surface area contributed by atoms with Crippen LogP contribution in [0.4, 0.5) is 10.5 Å². The zero-order valence-corrected chi connectivity index (χ0v) is 15.4. The number of phenols is 1. The van der Waals surface area contributed by atoms with Gasteiger partial charge < -0.3 is 9.84 Å². The standard InChI is InChI=1S/C19H20N2O3S/c1-19(2,3)24-18(23)21(4)13-7-5-12(6-8-13)17-20-15-10-9-14(22)11-16(15)25-17/h5-11,22H,1-4H3. The van der Waals surface area contributed by atoms with Crippen molar-refractivity contribution in [1.82, 2.24) is 4.98 Å². The van der Waals surface area contributed by atoms with Gasteiger partial charge in [-0.25, -0.2) is 9.78 Å². The summed E-state index contributed by atoms with van der Waals surface area (Å²) in [6, 6.07) is 12.7. The molecule has 0 spiro atoms. The van der Waals surface area contributed by atoms with Gasteiger partial charge in [-0.05, 0) is 63.2 Å². The minimum atomic E-state index is -0.530. The van der Waals surface area contributed by atoms with Gasteiger partial charge in [0.05, 0.1) is 10.2 Å². The number of aromatic nitrogens is 1. The summed E-state index contributed by atoms with van der Waals surface area (Å²) in [6.07, 6.45) is -0.393. The maximum Gasteiger partial charge on any atom is 0.414 e. The molecule has 0 aliphatic carbocycles. The third-order valence-corrected chi connectivity index (χ3v) is 4.61. The molecule has 130 valence electrons. The van der Waals surface area contributed by atoms with E-state index in [-0.39, 0.29) is 5.75 Å². The molecule has 0 fully saturated rings. The smallest absolute Gasteiger partial charge is 0.414 e. The lowest BCUT2D eigenvalue weighted by molar-refractivity contribution is 0.0589. The Hall–Kier alpha value is -2.60. The molecule has 0 atom stereocenters. The van der Waals surface area contributed by atoms with Gasteiger partial charge in [-0.1, -0.05) is 0 Å². The number of amides is 1. The first-order valence-electron chi connectivity index (χ1n) is 7.90. The maximum atomic E-state index is 12.1. The molecule has 0 aliphatic heterocycles. The molecule has 6 heteroatoms. The first kappa shape index (κ1) is 17.2. The number of phenolic OH excluding ortho intramolecular Hbond substituents is 1. The van der Waals surface area contributed by atoms with E-state index in [1.165, 1.54) is 16.2 Å². The molecule has 0 radical (unpaired) electrons. The topological polar surface area (TPSA) is 62.7 Å². The van der Waals surface area contributed by atoms with E-state index in [2.05, 4.69) is 4.98 Å². The predicted octanol–water partition coefficient (Wildman–Crippen LogP) is 5.04. The molecule has 3 rings (SSSR count). The number of rotatable bonds is 2. The molecule has 0 bridgehead atoms. The van der Waals surface area contributed by atoms with Crippen molar-refractivity contribution in [3.8, 4) is 16.3 Å². The van der Waals surface area contributed by atoms with E-state index >= 15 is 0 Å². The van der Waals surface area contributed by atoms with Gasteiger partial charge in [0, 0.05) is 18.3 Å². The van der Waals surface area contributed by atoms with E-state index in [0.717, 1.165) is 26.5 Å². The molecule has 0 saturated carbocycles. The molecular formula is C19H20N2O3S. The molecule has 1 N–H and O–H groups in total. The second kappa shape index (κ2) is 6.37. The molecule has 1 heterocycles. The van der Waals surface area contributed by atoms with Crippen LogP contribution in [-0.4, -0.2) is 28.8 Å². The Kier molecular flexibility index (Phi) is 4.39. The van der Waals surface area contributed by atoms with Gasteiger partial charge in [-0.3, -0.25) is 4.90 Å². The lowest BCUT2D eigenvalue weighted by Crippen LogP contribution is -2.34. The van der Waals surface area contributed by atoms with E-state index in [1.54, 1.807) is 25.2 Å². The summed E-state index contributed by atoms with van der Waals surface area (Å²) in [5, 5.41) is 10.4. The summed E-state index contributed by atoms with van der Waals surface area (Å²) in [7, 11) is 1.68. The van der Waals surface area contributed by atoms with Crippen molar-refractivity contribution < 1.29 is 14.6 Å². The number of nitrogens with zero attached hydrogens (tertiary/aromatic N) is 2. The number of fused-ring (bicyclic) bond motifs is 1. The number of benzene rings is 2. The van der Waals surface area contributed by atoms with Crippen molar-refractivity contribution in [1.29, 1.82) is 0 Å². The molecule has 1 aromatic heterocycles. The van der Waals surface area contributed by atoms with Crippen LogP contribution in [0.2, 0.25) is 0 Å². The number of carbonyl (C=O) groups excluding carboxylic acids is 1. The minimum absolute atomic E-state index is 0.233. The predicted molar refractivity (Wildman–Crippen MR) is 101 cm³/mol. The van der Waals surface area contributed by atoms with Crippen LogP contribution in [0.3, 0.4) is 0 Å². The van der Waals surface area contributed by atoms with Crippen molar-refractivity contribution in [2.75, 3.05) is 11.9 Å². The summed E-state index contributed by atoms with van der Waals surface area (Å²) in [5.41, 5.74) is 2.03. The van der Waals surface area contributed by atoms with Gasteiger partial charge in [-0.15, -0.1) is 11.3 Å². The summed E-state index contributed by atoms with van der Waals surface area (Å²) < 4.78 is 6.31. The summed E-state index contributed by atoms with van der Waals surface area (Å²) in [5.74, 6) is 0.233. The highest BCUT2D eigenvalue weighted by molar-refractivity contribution is 7.21. The number of anilines is 1. The quantitative estimate of drug-likeness (QED) is 0.699. The first-order valence-corrected chi connectivity index (χ1v) is 8.71. The number of aromatic hydroxyl groups is 1. The van der Waals surface area contributed by atoms with Gasteiger partial charge in [0.1, 0.15) is 16.4 Å². The van der Waals surface area contributed by atoms with E-state index in [0.29, 0.717) is 0 Å². The molecule has 0 unspecified atom stereocenters. The number of hydrogen-bond donors (Lipinski definition) is 1. The average Bonchev–Trinajstić information content (AvgIpc) is 2.95. The number of ether oxygens (including phenoxy) is 1. The Bertz CT molecular complexity index is 911. The van der Waals surface area contributed by atoms with Crippen LogP contribution in [0.1, 0.15) is 20.8 Å². The van der Waals surface area contributed by atoms with Gasteiger partial charge >= 0.3 is 6.09 Å². The first-order chi connectivity index (χ1) is 11.7. The summed E-state index contributed by atoms with van der Waals surface area (Å²) >= 11 is 1.52. The van der Waals surface area contributed by atoms with Gasteiger partial charge in [0.15, 0.2) is 0 Å². The Labute approximate surface area is 150 Å². The molecule has 1 amide bonds. The fraction of sp³-hybridized carbons (Fsp3) is 0.263. The van der Waals surface area contributed by atoms with Crippen LogP contribution in [0.25, 0.3) is 20.8 Å². The SMILES string of the molecule is CN(C(=O)OC(C)(C)C)c1ccc(-c2nc3ccc(O)cc3s2)cc1. The van der Waals surface area contributed by atoms with Crippen molar-refractivity contribution >= 4 is 33.3 Å². The lowest BCUT2D eigenvalue weighted by Gasteiger charge is -2.24. The van der Waals surface area contributed by atoms with Crippen LogP contribution >= 0.6 is 11.3 Å². The third kappa shape index (κ3) is 3.91. The minimum Gasteiger partial charge on any atom is -0.508 e. The third-order valence-electron chi connectivity index (χ3n) is 3.54. The van der Waals surface area contributed by atoms with Crippen LogP contribution in [-0.2, 0) is 4.74 Å². The highest BCUT2D eigenvalue weighted by Gasteiger charge is 2.20. The van der Waals surface area contributed by atoms with Crippen molar-refractivity contribution in [3.05, 3.63) is 42.5 Å². The van der Waals surface area contributed by atoms with Gasteiger partial charge in [0.2, 0.25) is 0 Å². The van der Waals surface area contributed by atoms with Crippen LogP contribution in [0.15, 0.2) is 42.5 Å². The molecule has 3 aromatic rings. The Morgan fingerprint density at radius 1 is 1.16 bits per heavy atom. The largest absolute Gasteiger partial charge is 0.508 e. The van der Waals surface area contributed by atoms with E-state index in [1.807, 2.05) is 45.0 Å². The van der Waals surface area contributed by atoms with Crippen LogP contribution in [0, 0.1) is 0 Å². The van der Waals surface area contributed by atoms with Crippen molar-refractivity contribution in [2.24, 2.45) is 0 Å². The Morgan fingerprint density at radius 2 is 1.84 bits per heavy atom. The van der Waals surface area contributed by atoms with Crippen LogP contribution < -0.4 is 4.90 Å². The van der Waals surface area contributed by atoms with E-state index in [4.69, 9.17) is 4.74 Å². The summed E-state index contributed by atoms with van der Waals surface area (Å²) in [6.45, 7) is 5.52. The summed E-state index contributed by atoms with van der Waals surface area (Å²) in [4.78, 5) is 18.2. The second-order valence-corrected chi connectivity index (χ2v) is 7.79. The number of thiazole rings is 1. The Balaban J connectivity index is 1.82. The van der Waals surface area contributed by atoms with Gasteiger partial charge in [-0.2, -0.15) is 0 Å². The number of carbonyl (C=O) groups is 1. The monoisotopic (exact) mass is 356 g/mol. The molecule has 25 heavy (non-hydrogen) atoms. The fourth-order valence-corrected chi connectivity index (χ4v) is 3.30. The molecular weight excluding hydrogens is 336 g/mol. The fourth-order valence-electron chi connectivity index (χ4n) is 2.30. The zero-order valence-electron chi connectivity index (χ0n) is 14.6. The Morgan fingerprint density at radius 3 is 2.48 bits per heavy atom. The van der Waals surface area contributed by atoms with Crippen molar-refractivity contribution in [3.63, 3.8) is 0 Å². The average molecular weight is 356 g/mol. The lowest BCUT2D eigenvalue weighted by atomic mass is 10.2. The maximum absolute atomic E-state index is 12.1. The van der Waals surface area contributed by atoms with E-state index in [9.17, 15) is 9.90 Å². The normalized spacial score (nSPS) is 11.5. The van der Waals surface area contributed by atoms with Crippen LogP contribution in [0.5, 0.6) is 5.75 Å². The van der Waals surface area contributed by atoms with Gasteiger partial charge in [0.25, 0.3) is 0 Å². The molecule has 0 aliphatic rings. The molecule has 5 nitrogen and oxygen atoms in total. The zero-order chi connectivity index (χ0) is 18.2. The second-order valence-electron chi connectivity index (χ2n) is 6.76. The molecule has 2 aromatic carbocycles. The number of hydrogen-bond acceptors (Lipinski definition) is 5.